The maximum atomic E-state index is 6.40. The van der Waals surface area contributed by atoms with E-state index in [1.165, 1.54) is 38.5 Å². The minimum Gasteiger partial charge on any atom is -0.456 e. The van der Waals surface area contributed by atoms with Crippen LogP contribution in [0.3, 0.4) is 0 Å². The first-order valence-corrected chi connectivity index (χ1v) is 21.5. The summed E-state index contributed by atoms with van der Waals surface area (Å²) in [5, 5.41) is 4.63. The second kappa shape index (κ2) is 15.3. The van der Waals surface area contributed by atoms with Crippen LogP contribution in [0.2, 0.25) is 0 Å². The lowest BCUT2D eigenvalue weighted by atomic mass is 9.87. The van der Waals surface area contributed by atoms with Crippen LogP contribution in [0.5, 0.6) is 0 Å². The number of fused-ring (bicyclic) bond motifs is 6. The topological polar surface area (TPSA) is 21.3 Å². The van der Waals surface area contributed by atoms with Crippen molar-refractivity contribution in [3.8, 4) is 50.2 Å². The fourth-order valence-electron chi connectivity index (χ4n) is 9.65. The van der Waals surface area contributed by atoms with Crippen LogP contribution in [0.15, 0.2) is 247 Å². The summed E-state index contributed by atoms with van der Waals surface area (Å²) in [7, 11) is 0. The van der Waals surface area contributed by atoms with Crippen molar-refractivity contribution in [2.24, 2.45) is 0 Å². The molecule has 12 aromatic rings. The van der Waals surface area contributed by atoms with Gasteiger partial charge in [-0.1, -0.05) is 176 Å². The van der Waals surface area contributed by atoms with Gasteiger partial charge in [-0.15, -0.1) is 0 Å². The number of hydrogen-bond donors (Lipinski definition) is 0. The maximum absolute atomic E-state index is 6.40. The Morgan fingerprint density at radius 1 is 0.333 bits per heavy atom. The van der Waals surface area contributed by atoms with E-state index >= 15 is 0 Å². The van der Waals surface area contributed by atoms with Gasteiger partial charge < -0.3 is 13.9 Å². The number of benzene rings is 10. The molecule has 0 saturated heterocycles. The molecule has 10 aromatic carbocycles. The Morgan fingerprint density at radius 2 is 0.889 bits per heavy atom. The van der Waals surface area contributed by atoms with E-state index in [1.807, 2.05) is 12.1 Å². The monoisotopic (exact) mass is 804 g/mol. The van der Waals surface area contributed by atoms with Crippen LogP contribution in [-0.4, -0.2) is 4.57 Å². The molecule has 63 heavy (non-hydrogen) atoms. The Kier molecular flexibility index (Phi) is 8.83. The molecule has 0 saturated carbocycles. The Hall–Kier alpha value is -8.40. The molecule has 3 heteroatoms. The van der Waals surface area contributed by atoms with Gasteiger partial charge in [0.1, 0.15) is 11.2 Å². The van der Waals surface area contributed by atoms with Gasteiger partial charge in [0, 0.05) is 44.2 Å². The minimum atomic E-state index is 0.864. The van der Waals surface area contributed by atoms with Crippen molar-refractivity contribution in [1.82, 2.24) is 4.57 Å². The predicted molar refractivity (Wildman–Crippen MR) is 264 cm³/mol. The van der Waals surface area contributed by atoms with E-state index in [0.717, 1.165) is 72.5 Å². The molecule has 0 bridgehead atoms. The molecule has 0 fully saturated rings. The van der Waals surface area contributed by atoms with Crippen LogP contribution in [0.4, 0.5) is 17.1 Å². The quantitative estimate of drug-likeness (QED) is 0.153. The average Bonchev–Trinajstić information content (AvgIpc) is 3.91. The lowest BCUT2D eigenvalue weighted by Crippen LogP contribution is -2.12. The smallest absolute Gasteiger partial charge is 0.135 e. The van der Waals surface area contributed by atoms with Crippen molar-refractivity contribution in [1.29, 1.82) is 0 Å². The van der Waals surface area contributed by atoms with E-state index in [9.17, 15) is 0 Å². The van der Waals surface area contributed by atoms with Gasteiger partial charge in [-0.25, -0.2) is 0 Å². The van der Waals surface area contributed by atoms with Gasteiger partial charge in [0.2, 0.25) is 0 Å². The third kappa shape index (κ3) is 6.21. The highest BCUT2D eigenvalue weighted by Crippen LogP contribution is 2.49. The lowest BCUT2D eigenvalue weighted by molar-refractivity contribution is 0.669. The van der Waals surface area contributed by atoms with E-state index in [2.05, 4.69) is 240 Å². The molecule has 0 atom stereocenters. The molecule has 0 radical (unpaired) electrons. The fourth-order valence-corrected chi connectivity index (χ4v) is 9.65. The summed E-state index contributed by atoms with van der Waals surface area (Å²) in [4.78, 5) is 2.45. The summed E-state index contributed by atoms with van der Waals surface area (Å²) < 4.78 is 8.79. The largest absolute Gasteiger partial charge is 0.456 e. The second-order valence-corrected chi connectivity index (χ2v) is 16.0. The van der Waals surface area contributed by atoms with E-state index in [-0.39, 0.29) is 0 Å². The number of nitrogens with zero attached hydrogens (tertiary/aromatic N) is 2. The van der Waals surface area contributed by atoms with Crippen LogP contribution < -0.4 is 4.90 Å². The molecule has 12 rings (SSSR count). The van der Waals surface area contributed by atoms with Gasteiger partial charge in [-0.05, 0) is 106 Å². The number of para-hydroxylation sites is 3. The fraction of sp³-hybridized carbons (Fsp3) is 0. The Bertz CT molecular complexity index is 3620. The lowest BCUT2D eigenvalue weighted by Gasteiger charge is -2.30. The molecule has 296 valence electrons. The number of aromatic nitrogens is 1. The predicted octanol–water partition coefficient (Wildman–Crippen LogP) is 16.8. The van der Waals surface area contributed by atoms with Crippen LogP contribution in [0.1, 0.15) is 0 Å². The van der Waals surface area contributed by atoms with Crippen molar-refractivity contribution in [2.45, 2.75) is 0 Å². The van der Waals surface area contributed by atoms with Crippen molar-refractivity contribution in [3.63, 3.8) is 0 Å². The zero-order valence-corrected chi connectivity index (χ0v) is 34.4. The van der Waals surface area contributed by atoms with Crippen molar-refractivity contribution >= 4 is 60.8 Å². The number of furan rings is 1. The number of hydrogen-bond acceptors (Lipinski definition) is 2. The summed E-state index contributed by atoms with van der Waals surface area (Å²) >= 11 is 0. The maximum Gasteiger partial charge on any atom is 0.135 e. The molecular weight excluding hydrogens is 765 g/mol. The standard InChI is InChI=1S/C60H40N2O/c1-4-19-41(20-5-1)47-27-10-11-29-51(47)59-48(42-21-6-2-7-22-42)31-17-34-55(59)61(46-37-38-58-53(40-46)50-28-13-15-36-57(50)63-58)45-26-16-23-43(39-45)49-32-18-35-56-60(49)52-30-12-14-33-54(52)62(56)44-24-8-3-9-25-44/h1-40H. The molecular formula is C60H40N2O. The van der Waals surface area contributed by atoms with E-state index < -0.39 is 0 Å². The highest BCUT2D eigenvalue weighted by molar-refractivity contribution is 6.16. The highest BCUT2D eigenvalue weighted by atomic mass is 16.3. The SMILES string of the molecule is c1ccc(-c2ccccc2-c2c(-c3ccccc3)cccc2N(c2cccc(-c3cccc4c3c3ccccc3n4-c3ccccc3)c2)c2ccc3oc4ccccc4c3c2)cc1. The zero-order valence-electron chi connectivity index (χ0n) is 34.4. The van der Waals surface area contributed by atoms with Crippen molar-refractivity contribution in [2.75, 3.05) is 4.90 Å². The molecule has 0 aliphatic heterocycles. The molecule has 0 aliphatic carbocycles. The average molecular weight is 805 g/mol. The van der Waals surface area contributed by atoms with Crippen molar-refractivity contribution < 1.29 is 4.42 Å². The van der Waals surface area contributed by atoms with E-state index in [4.69, 9.17) is 4.42 Å². The molecule has 2 heterocycles. The molecule has 0 unspecified atom stereocenters. The van der Waals surface area contributed by atoms with Gasteiger partial charge in [0.15, 0.2) is 0 Å². The first kappa shape index (κ1) is 36.5. The molecule has 0 aliphatic rings. The van der Waals surface area contributed by atoms with Gasteiger partial charge in [0.05, 0.1) is 16.7 Å². The number of anilines is 3. The van der Waals surface area contributed by atoms with Crippen LogP contribution in [-0.2, 0) is 0 Å². The summed E-state index contributed by atoms with van der Waals surface area (Å²) in [6.45, 7) is 0. The van der Waals surface area contributed by atoms with Crippen LogP contribution in [0.25, 0.3) is 93.9 Å². The van der Waals surface area contributed by atoms with Gasteiger partial charge in [0.25, 0.3) is 0 Å². The van der Waals surface area contributed by atoms with Crippen LogP contribution in [0, 0.1) is 0 Å². The van der Waals surface area contributed by atoms with E-state index in [0.29, 0.717) is 0 Å². The molecule has 3 nitrogen and oxygen atoms in total. The van der Waals surface area contributed by atoms with Gasteiger partial charge in [-0.2, -0.15) is 0 Å². The summed E-state index contributed by atoms with van der Waals surface area (Å²) in [5.41, 5.74) is 17.7. The third-order valence-corrected chi connectivity index (χ3v) is 12.4. The minimum absolute atomic E-state index is 0.864. The Morgan fingerprint density at radius 3 is 1.70 bits per heavy atom. The van der Waals surface area contributed by atoms with Gasteiger partial charge in [-0.3, -0.25) is 0 Å². The van der Waals surface area contributed by atoms with Crippen molar-refractivity contribution in [3.05, 3.63) is 243 Å². The molecule has 2 aromatic heterocycles. The molecule has 0 spiro atoms. The number of rotatable bonds is 8. The highest BCUT2D eigenvalue weighted by Gasteiger charge is 2.24. The van der Waals surface area contributed by atoms with Gasteiger partial charge >= 0.3 is 0 Å². The Balaban J connectivity index is 1.14. The normalized spacial score (nSPS) is 11.5. The zero-order chi connectivity index (χ0) is 41.7. The summed E-state index contributed by atoms with van der Waals surface area (Å²) in [6.07, 6.45) is 0. The third-order valence-electron chi connectivity index (χ3n) is 12.4. The summed E-state index contributed by atoms with van der Waals surface area (Å²) in [6, 6.07) is 87.3. The Labute approximate surface area is 366 Å². The molecule has 0 amide bonds. The first-order chi connectivity index (χ1) is 31.3. The summed E-state index contributed by atoms with van der Waals surface area (Å²) in [5.74, 6) is 0. The first-order valence-electron chi connectivity index (χ1n) is 21.5. The molecule has 0 N–H and O–H groups in total. The van der Waals surface area contributed by atoms with Crippen LogP contribution >= 0.6 is 0 Å². The van der Waals surface area contributed by atoms with E-state index in [1.54, 1.807) is 0 Å². The second-order valence-electron chi connectivity index (χ2n) is 16.0.